The summed E-state index contributed by atoms with van der Waals surface area (Å²) < 4.78 is 2.21. The fourth-order valence-electron chi connectivity index (χ4n) is 3.09. The zero-order chi connectivity index (χ0) is 15.5. The van der Waals surface area contributed by atoms with Gasteiger partial charge in [0.25, 0.3) is 0 Å². The van der Waals surface area contributed by atoms with Crippen LogP contribution in [0, 0.1) is 12.8 Å². The molecule has 0 unspecified atom stereocenters. The number of fused-ring (bicyclic) bond motifs is 1. The first-order valence-corrected chi connectivity index (χ1v) is 7.91. The lowest BCUT2D eigenvalue weighted by atomic mass is 9.98. The number of amides is 1. The summed E-state index contributed by atoms with van der Waals surface area (Å²) in [5.41, 5.74) is 2.31. The number of hydrogen-bond donors (Lipinski definition) is 0. The number of aryl methyl sites for hydroxylation is 2. The van der Waals surface area contributed by atoms with Gasteiger partial charge in [0.1, 0.15) is 5.82 Å². The third-order valence-corrected chi connectivity index (χ3v) is 4.47. The van der Waals surface area contributed by atoms with Crippen molar-refractivity contribution in [3.05, 3.63) is 53.6 Å². The zero-order valence-electron chi connectivity index (χ0n) is 13.3. The van der Waals surface area contributed by atoms with E-state index in [4.69, 9.17) is 0 Å². The van der Waals surface area contributed by atoms with Crippen LogP contribution in [0.4, 0.5) is 0 Å². The van der Waals surface area contributed by atoms with Crippen LogP contribution < -0.4 is 0 Å². The Labute approximate surface area is 131 Å². The van der Waals surface area contributed by atoms with Gasteiger partial charge >= 0.3 is 0 Å². The van der Waals surface area contributed by atoms with Gasteiger partial charge in [0, 0.05) is 39.0 Å². The van der Waals surface area contributed by atoms with Crippen LogP contribution in [-0.2, 0) is 24.2 Å². The molecule has 2 aromatic rings. The molecule has 1 atom stereocenters. The molecule has 4 nitrogen and oxygen atoms in total. The quantitative estimate of drug-likeness (QED) is 0.869. The van der Waals surface area contributed by atoms with Gasteiger partial charge in [-0.05, 0) is 24.8 Å². The van der Waals surface area contributed by atoms with Crippen molar-refractivity contribution in [2.75, 3.05) is 13.6 Å². The molecule has 4 heteroatoms. The number of carbonyl (C=O) groups is 1. The fourth-order valence-corrected chi connectivity index (χ4v) is 3.09. The Morgan fingerprint density at radius 1 is 1.36 bits per heavy atom. The topological polar surface area (TPSA) is 38.1 Å². The molecule has 0 saturated carbocycles. The number of aromatic nitrogens is 2. The van der Waals surface area contributed by atoms with Crippen molar-refractivity contribution in [3.8, 4) is 0 Å². The SMILES string of the molecule is Cc1ccc(CC(=O)N(C)C[C@H]2CCc3nccn3C2)cc1. The number of nitrogens with zero attached hydrogens (tertiary/aromatic N) is 3. The van der Waals surface area contributed by atoms with Gasteiger partial charge in [0.2, 0.25) is 5.91 Å². The van der Waals surface area contributed by atoms with Crippen molar-refractivity contribution < 1.29 is 4.79 Å². The highest BCUT2D eigenvalue weighted by atomic mass is 16.2. The molecule has 116 valence electrons. The lowest BCUT2D eigenvalue weighted by Crippen LogP contribution is -2.36. The molecule has 1 aromatic carbocycles. The van der Waals surface area contributed by atoms with Crippen LogP contribution in [0.1, 0.15) is 23.4 Å². The molecule has 0 radical (unpaired) electrons. The van der Waals surface area contributed by atoms with E-state index in [0.29, 0.717) is 12.3 Å². The van der Waals surface area contributed by atoms with Gasteiger partial charge in [-0.1, -0.05) is 29.8 Å². The van der Waals surface area contributed by atoms with E-state index in [2.05, 4.69) is 28.6 Å². The van der Waals surface area contributed by atoms with Crippen LogP contribution in [0.5, 0.6) is 0 Å². The molecule has 1 amide bonds. The van der Waals surface area contributed by atoms with Gasteiger partial charge in [-0.3, -0.25) is 4.79 Å². The predicted molar refractivity (Wildman–Crippen MR) is 86.6 cm³/mol. The van der Waals surface area contributed by atoms with Crippen molar-refractivity contribution >= 4 is 5.91 Å². The van der Waals surface area contributed by atoms with Crippen molar-refractivity contribution in [2.24, 2.45) is 5.92 Å². The monoisotopic (exact) mass is 297 g/mol. The van der Waals surface area contributed by atoms with E-state index in [1.807, 2.05) is 36.5 Å². The summed E-state index contributed by atoms with van der Waals surface area (Å²) in [7, 11) is 1.92. The standard InChI is InChI=1S/C18H23N3O/c1-14-3-5-15(6-4-14)11-18(22)20(2)12-16-7-8-17-19-9-10-21(17)13-16/h3-6,9-10,16H,7-8,11-13H2,1-2H3/t16-/m1/s1. The Kier molecular flexibility index (Phi) is 4.27. The lowest BCUT2D eigenvalue weighted by molar-refractivity contribution is -0.129. The highest BCUT2D eigenvalue weighted by Gasteiger charge is 2.21. The number of likely N-dealkylation sites (N-methyl/N-ethyl adjacent to an activating group) is 1. The Balaban J connectivity index is 1.54. The minimum absolute atomic E-state index is 0.195. The van der Waals surface area contributed by atoms with Crippen molar-refractivity contribution in [2.45, 2.75) is 32.7 Å². The average molecular weight is 297 g/mol. The Morgan fingerprint density at radius 3 is 2.91 bits per heavy atom. The van der Waals surface area contributed by atoms with E-state index in [-0.39, 0.29) is 5.91 Å². The Hall–Kier alpha value is -2.10. The first-order valence-electron chi connectivity index (χ1n) is 7.91. The predicted octanol–water partition coefficient (Wildman–Crippen LogP) is 2.46. The van der Waals surface area contributed by atoms with Crippen LogP contribution in [-0.4, -0.2) is 34.0 Å². The van der Waals surface area contributed by atoms with Gasteiger partial charge < -0.3 is 9.47 Å². The van der Waals surface area contributed by atoms with E-state index >= 15 is 0 Å². The third-order valence-electron chi connectivity index (χ3n) is 4.47. The average Bonchev–Trinajstić information content (AvgIpc) is 2.97. The van der Waals surface area contributed by atoms with Gasteiger partial charge in [-0.2, -0.15) is 0 Å². The van der Waals surface area contributed by atoms with Crippen molar-refractivity contribution in [1.29, 1.82) is 0 Å². The highest BCUT2D eigenvalue weighted by molar-refractivity contribution is 5.78. The Bertz CT molecular complexity index is 645. The number of hydrogen-bond acceptors (Lipinski definition) is 2. The second-order valence-electron chi connectivity index (χ2n) is 6.34. The maximum absolute atomic E-state index is 12.4. The molecule has 0 bridgehead atoms. The molecule has 0 N–H and O–H groups in total. The summed E-state index contributed by atoms with van der Waals surface area (Å²) in [4.78, 5) is 18.6. The van der Waals surface area contributed by atoms with Crippen LogP contribution in [0.2, 0.25) is 0 Å². The van der Waals surface area contributed by atoms with Gasteiger partial charge in [0.15, 0.2) is 0 Å². The summed E-state index contributed by atoms with van der Waals surface area (Å²) >= 11 is 0. The van der Waals surface area contributed by atoms with Crippen LogP contribution in [0.15, 0.2) is 36.7 Å². The molecule has 0 fully saturated rings. The van der Waals surface area contributed by atoms with E-state index in [1.54, 1.807) is 0 Å². The molecule has 22 heavy (non-hydrogen) atoms. The second kappa shape index (κ2) is 6.34. The van der Waals surface area contributed by atoms with Gasteiger partial charge in [0.05, 0.1) is 6.42 Å². The first-order chi connectivity index (χ1) is 10.6. The number of carbonyl (C=O) groups excluding carboxylic acids is 1. The third kappa shape index (κ3) is 3.38. The smallest absolute Gasteiger partial charge is 0.226 e. The highest BCUT2D eigenvalue weighted by Crippen LogP contribution is 2.19. The largest absolute Gasteiger partial charge is 0.345 e. The fraction of sp³-hybridized carbons (Fsp3) is 0.444. The van der Waals surface area contributed by atoms with Crippen LogP contribution in [0.25, 0.3) is 0 Å². The minimum atomic E-state index is 0.195. The summed E-state index contributed by atoms with van der Waals surface area (Å²) in [6, 6.07) is 8.20. The summed E-state index contributed by atoms with van der Waals surface area (Å²) in [5.74, 6) is 1.89. The summed E-state index contributed by atoms with van der Waals surface area (Å²) in [6.45, 7) is 3.85. The molecule has 1 aliphatic heterocycles. The Morgan fingerprint density at radius 2 is 2.14 bits per heavy atom. The zero-order valence-corrected chi connectivity index (χ0v) is 13.3. The molecule has 0 spiro atoms. The number of rotatable bonds is 4. The number of benzene rings is 1. The maximum atomic E-state index is 12.4. The van der Waals surface area contributed by atoms with E-state index in [0.717, 1.165) is 31.5 Å². The van der Waals surface area contributed by atoms with Gasteiger partial charge in [-0.15, -0.1) is 0 Å². The molecular formula is C18H23N3O. The number of imidazole rings is 1. The molecule has 1 aromatic heterocycles. The van der Waals surface area contributed by atoms with Crippen molar-refractivity contribution in [3.63, 3.8) is 0 Å². The molecule has 3 rings (SSSR count). The van der Waals surface area contributed by atoms with E-state index in [9.17, 15) is 4.79 Å². The lowest BCUT2D eigenvalue weighted by Gasteiger charge is -2.28. The molecule has 1 aliphatic rings. The van der Waals surface area contributed by atoms with E-state index in [1.165, 1.54) is 11.4 Å². The first kappa shape index (κ1) is 14.8. The molecule has 2 heterocycles. The maximum Gasteiger partial charge on any atom is 0.226 e. The molecule has 0 aliphatic carbocycles. The normalized spacial score (nSPS) is 17.1. The van der Waals surface area contributed by atoms with Crippen LogP contribution >= 0.6 is 0 Å². The minimum Gasteiger partial charge on any atom is -0.345 e. The van der Waals surface area contributed by atoms with Crippen LogP contribution in [0.3, 0.4) is 0 Å². The van der Waals surface area contributed by atoms with Gasteiger partial charge in [-0.25, -0.2) is 4.98 Å². The summed E-state index contributed by atoms with van der Waals surface area (Å²) in [6.07, 6.45) is 6.51. The van der Waals surface area contributed by atoms with E-state index < -0.39 is 0 Å². The molecular weight excluding hydrogens is 274 g/mol. The molecule has 0 saturated heterocycles. The summed E-state index contributed by atoms with van der Waals surface area (Å²) in [5, 5.41) is 0. The van der Waals surface area contributed by atoms with Crippen molar-refractivity contribution in [1.82, 2.24) is 14.5 Å². The second-order valence-corrected chi connectivity index (χ2v) is 6.34.